The van der Waals surface area contributed by atoms with Crippen LogP contribution in [-0.2, 0) is 0 Å². The second-order valence-corrected chi connectivity index (χ2v) is 4.91. The zero-order valence-electron chi connectivity index (χ0n) is 10.7. The molecule has 0 aliphatic carbocycles. The third kappa shape index (κ3) is 2.23. The van der Waals surface area contributed by atoms with E-state index in [9.17, 15) is 5.26 Å². The minimum Gasteiger partial charge on any atom is -0.354 e. The van der Waals surface area contributed by atoms with Gasteiger partial charge in [-0.2, -0.15) is 10.4 Å². The van der Waals surface area contributed by atoms with Gasteiger partial charge in [0, 0.05) is 13.1 Å². The molecule has 0 unspecified atom stereocenters. The van der Waals surface area contributed by atoms with Crippen LogP contribution in [0.25, 0.3) is 0 Å². The lowest BCUT2D eigenvalue weighted by atomic mass is 9.99. The van der Waals surface area contributed by atoms with E-state index in [0.29, 0.717) is 11.5 Å². The largest absolute Gasteiger partial charge is 0.354 e. The highest BCUT2D eigenvalue weighted by molar-refractivity contribution is 5.57. The highest BCUT2D eigenvalue weighted by Gasteiger charge is 2.22. The smallest absolute Gasteiger partial charge is 0.169 e. The second kappa shape index (κ2) is 4.70. The van der Waals surface area contributed by atoms with Crippen molar-refractivity contribution in [2.75, 3.05) is 18.0 Å². The maximum Gasteiger partial charge on any atom is 0.169 e. The zero-order valence-corrected chi connectivity index (χ0v) is 10.7. The van der Waals surface area contributed by atoms with Gasteiger partial charge in [-0.1, -0.05) is 6.92 Å². The molecule has 2 heterocycles. The number of aryl methyl sites for hydroxylation is 1. The predicted octanol–water partition coefficient (Wildman–Crippen LogP) is 2.20. The van der Waals surface area contributed by atoms with E-state index in [2.05, 4.69) is 28.1 Å². The number of nitrogens with zero attached hydrogens (tertiary/aromatic N) is 4. The van der Waals surface area contributed by atoms with Crippen LogP contribution in [0.5, 0.6) is 0 Å². The molecule has 0 amide bonds. The van der Waals surface area contributed by atoms with Crippen molar-refractivity contribution in [3.8, 4) is 6.07 Å². The van der Waals surface area contributed by atoms with Crippen LogP contribution in [0.4, 0.5) is 5.82 Å². The summed E-state index contributed by atoms with van der Waals surface area (Å²) in [7, 11) is 0. The first-order chi connectivity index (χ1) is 8.13. The molecule has 4 nitrogen and oxygen atoms in total. The van der Waals surface area contributed by atoms with Crippen molar-refractivity contribution in [3.63, 3.8) is 0 Å². The number of piperidine rings is 1. The van der Waals surface area contributed by atoms with Gasteiger partial charge in [-0.3, -0.25) is 0 Å². The molecule has 1 aromatic heterocycles. The summed E-state index contributed by atoms with van der Waals surface area (Å²) in [6.07, 6.45) is 2.43. The molecular formula is C13H18N4. The summed E-state index contributed by atoms with van der Waals surface area (Å²) in [5.74, 6) is 1.43. The Hall–Kier alpha value is -1.63. The first-order valence-corrected chi connectivity index (χ1v) is 6.12. The average molecular weight is 230 g/mol. The molecule has 1 aromatic rings. The molecule has 1 atom stereocenters. The van der Waals surface area contributed by atoms with Gasteiger partial charge in [0.2, 0.25) is 0 Å². The Morgan fingerprint density at radius 1 is 1.35 bits per heavy atom. The van der Waals surface area contributed by atoms with Gasteiger partial charge in [0.05, 0.1) is 5.69 Å². The number of hydrogen-bond acceptors (Lipinski definition) is 4. The Morgan fingerprint density at radius 3 is 2.76 bits per heavy atom. The highest BCUT2D eigenvalue weighted by Crippen LogP contribution is 2.25. The molecule has 1 aliphatic rings. The minimum atomic E-state index is 0.665. The molecule has 90 valence electrons. The van der Waals surface area contributed by atoms with Gasteiger partial charge in [-0.05, 0) is 38.2 Å². The molecule has 0 bridgehead atoms. The van der Waals surface area contributed by atoms with E-state index in [4.69, 9.17) is 0 Å². The molecule has 1 saturated heterocycles. The van der Waals surface area contributed by atoms with Crippen LogP contribution < -0.4 is 4.90 Å². The standard InChI is InChI=1S/C13H18N4/c1-9-5-4-6-17(8-9)13-12(7-14)10(2)11(3)15-16-13/h9H,4-6,8H2,1-3H3/t9-/m1/s1. The van der Waals surface area contributed by atoms with Crippen molar-refractivity contribution in [1.29, 1.82) is 5.26 Å². The first kappa shape index (κ1) is 11.8. The minimum absolute atomic E-state index is 0.665. The van der Waals surface area contributed by atoms with Gasteiger partial charge < -0.3 is 4.90 Å². The van der Waals surface area contributed by atoms with Crippen LogP contribution in [0.3, 0.4) is 0 Å². The second-order valence-electron chi connectivity index (χ2n) is 4.91. The molecule has 0 radical (unpaired) electrons. The molecule has 0 N–H and O–H groups in total. The summed E-state index contributed by atoms with van der Waals surface area (Å²) in [6.45, 7) is 8.04. The predicted molar refractivity (Wildman–Crippen MR) is 66.8 cm³/mol. The molecule has 0 saturated carbocycles. The van der Waals surface area contributed by atoms with Crippen LogP contribution in [0.1, 0.15) is 36.6 Å². The van der Waals surface area contributed by atoms with E-state index >= 15 is 0 Å². The lowest BCUT2D eigenvalue weighted by Crippen LogP contribution is -2.35. The van der Waals surface area contributed by atoms with Gasteiger partial charge in [-0.15, -0.1) is 5.10 Å². The van der Waals surface area contributed by atoms with Crippen molar-refractivity contribution >= 4 is 5.82 Å². The van der Waals surface area contributed by atoms with Crippen molar-refractivity contribution < 1.29 is 0 Å². The Labute approximate surface area is 102 Å². The van der Waals surface area contributed by atoms with E-state index in [0.717, 1.165) is 30.2 Å². The Balaban J connectivity index is 2.38. The lowest BCUT2D eigenvalue weighted by Gasteiger charge is -2.32. The van der Waals surface area contributed by atoms with Crippen LogP contribution in [-0.4, -0.2) is 23.3 Å². The fraction of sp³-hybridized carbons (Fsp3) is 0.615. The van der Waals surface area contributed by atoms with Gasteiger partial charge in [0.15, 0.2) is 5.82 Å². The molecule has 2 rings (SSSR count). The fourth-order valence-electron chi connectivity index (χ4n) is 2.33. The van der Waals surface area contributed by atoms with Gasteiger partial charge >= 0.3 is 0 Å². The Morgan fingerprint density at radius 2 is 2.12 bits per heavy atom. The number of rotatable bonds is 1. The van der Waals surface area contributed by atoms with Crippen LogP contribution in [0.15, 0.2) is 0 Å². The van der Waals surface area contributed by atoms with E-state index < -0.39 is 0 Å². The summed E-state index contributed by atoms with van der Waals surface area (Å²) in [6, 6.07) is 2.27. The molecule has 0 aromatic carbocycles. The lowest BCUT2D eigenvalue weighted by molar-refractivity contribution is 0.443. The van der Waals surface area contributed by atoms with Crippen LogP contribution >= 0.6 is 0 Å². The highest BCUT2D eigenvalue weighted by atomic mass is 15.3. The monoisotopic (exact) mass is 230 g/mol. The molecular weight excluding hydrogens is 212 g/mol. The Bertz CT molecular complexity index is 461. The van der Waals surface area contributed by atoms with E-state index in [-0.39, 0.29) is 0 Å². The fourth-order valence-corrected chi connectivity index (χ4v) is 2.33. The summed E-state index contributed by atoms with van der Waals surface area (Å²) in [5, 5.41) is 17.6. The Kier molecular flexibility index (Phi) is 3.28. The van der Waals surface area contributed by atoms with Crippen LogP contribution in [0, 0.1) is 31.1 Å². The molecule has 4 heteroatoms. The average Bonchev–Trinajstić information content (AvgIpc) is 2.32. The molecule has 1 fully saturated rings. The summed E-state index contributed by atoms with van der Waals surface area (Å²) < 4.78 is 0. The van der Waals surface area contributed by atoms with Gasteiger partial charge in [0.25, 0.3) is 0 Å². The van der Waals surface area contributed by atoms with Crippen molar-refractivity contribution in [2.45, 2.75) is 33.6 Å². The number of nitriles is 1. The van der Waals surface area contributed by atoms with Crippen molar-refractivity contribution in [1.82, 2.24) is 10.2 Å². The van der Waals surface area contributed by atoms with E-state index in [1.54, 1.807) is 0 Å². The number of hydrogen-bond donors (Lipinski definition) is 0. The van der Waals surface area contributed by atoms with Crippen LogP contribution in [0.2, 0.25) is 0 Å². The van der Waals surface area contributed by atoms with Gasteiger partial charge in [-0.25, -0.2) is 0 Å². The SMILES string of the molecule is Cc1nnc(N2CCC[C@@H](C)C2)c(C#N)c1C. The number of aromatic nitrogens is 2. The topological polar surface area (TPSA) is 52.8 Å². The summed E-state index contributed by atoms with van der Waals surface area (Å²) >= 11 is 0. The normalized spacial score (nSPS) is 20.1. The molecule has 0 spiro atoms. The zero-order chi connectivity index (χ0) is 12.4. The third-order valence-corrected chi connectivity index (χ3v) is 3.50. The number of anilines is 1. The van der Waals surface area contributed by atoms with E-state index in [1.165, 1.54) is 12.8 Å². The molecule has 1 aliphatic heterocycles. The van der Waals surface area contributed by atoms with Crippen molar-refractivity contribution in [2.24, 2.45) is 5.92 Å². The first-order valence-electron chi connectivity index (χ1n) is 6.12. The molecule has 17 heavy (non-hydrogen) atoms. The third-order valence-electron chi connectivity index (χ3n) is 3.50. The maximum absolute atomic E-state index is 9.28. The van der Waals surface area contributed by atoms with Gasteiger partial charge in [0.1, 0.15) is 11.6 Å². The summed E-state index contributed by atoms with van der Waals surface area (Å²) in [4.78, 5) is 2.20. The summed E-state index contributed by atoms with van der Waals surface area (Å²) in [5.41, 5.74) is 2.48. The maximum atomic E-state index is 9.28. The van der Waals surface area contributed by atoms with Crippen molar-refractivity contribution in [3.05, 3.63) is 16.8 Å². The quantitative estimate of drug-likeness (QED) is 0.742. The van der Waals surface area contributed by atoms with E-state index in [1.807, 2.05) is 13.8 Å².